The van der Waals surface area contributed by atoms with E-state index in [1.807, 2.05) is 4.90 Å². The van der Waals surface area contributed by atoms with E-state index in [4.69, 9.17) is 17.0 Å². The molecule has 6 rings (SSSR count). The predicted molar refractivity (Wildman–Crippen MR) is 142 cm³/mol. The maximum Gasteiger partial charge on any atom is 0.415 e. The third kappa shape index (κ3) is 4.22. The molecule has 202 valence electrons. The van der Waals surface area contributed by atoms with Crippen molar-refractivity contribution in [3.05, 3.63) is 69.6 Å². The van der Waals surface area contributed by atoms with Gasteiger partial charge in [-0.2, -0.15) is 5.10 Å². The fraction of sp³-hybridized carbons (Fsp3) is 0.370. The Balaban J connectivity index is 1.65. The molecule has 0 spiro atoms. The number of hydrogen-bond donors (Lipinski definition) is 1. The van der Waals surface area contributed by atoms with Crippen LogP contribution in [-0.4, -0.2) is 55.3 Å². The molecule has 3 heterocycles. The number of nitrogens with zero attached hydrogens (tertiary/aromatic N) is 4. The highest BCUT2D eigenvalue weighted by atomic mass is 32.1. The minimum absolute atomic E-state index is 0.0391. The SMILES string of the molecule is CC(C)(C)OC(=O)N1c2cc(F)cc3c(=O)[nH]nc(c23)C(N2C(=O)CN(C3CC3)C2=S)C1c1ccc(F)cc1. The molecule has 2 atom stereocenters. The Morgan fingerprint density at radius 3 is 2.41 bits per heavy atom. The van der Waals surface area contributed by atoms with Gasteiger partial charge in [-0.05, 0) is 75.7 Å². The summed E-state index contributed by atoms with van der Waals surface area (Å²) in [7, 11) is 0. The van der Waals surface area contributed by atoms with Crippen LogP contribution in [0.15, 0.2) is 41.2 Å². The maximum atomic E-state index is 15.0. The van der Waals surface area contributed by atoms with Crippen molar-refractivity contribution in [3.63, 3.8) is 0 Å². The standard InChI is InChI=1S/C27H25F2N5O4S/c1-27(2,3)38-26(37)33-18-11-15(29)10-17-20(18)21(30-31-24(17)36)23(22(33)13-4-6-14(28)7-5-13)34-19(35)12-32(25(34)39)16-8-9-16/h4-7,10-11,16,22-23H,8-9,12H2,1-3H3,(H,31,36). The van der Waals surface area contributed by atoms with Gasteiger partial charge in [0.1, 0.15) is 23.3 Å². The zero-order chi connectivity index (χ0) is 27.8. The average molecular weight is 554 g/mol. The molecule has 1 N–H and O–H groups in total. The number of benzene rings is 2. The number of ether oxygens (including phenoxy) is 1. The van der Waals surface area contributed by atoms with E-state index in [9.17, 15) is 23.2 Å². The van der Waals surface area contributed by atoms with Crippen LogP contribution in [0.1, 0.15) is 57.0 Å². The smallest absolute Gasteiger partial charge is 0.415 e. The monoisotopic (exact) mass is 553 g/mol. The molecule has 1 saturated carbocycles. The third-order valence-corrected chi connectivity index (χ3v) is 7.50. The minimum atomic E-state index is -1.04. The molecule has 1 saturated heterocycles. The molecule has 0 radical (unpaired) electrons. The van der Waals surface area contributed by atoms with Crippen LogP contribution in [0.25, 0.3) is 10.8 Å². The molecular weight excluding hydrogens is 528 g/mol. The van der Waals surface area contributed by atoms with Crippen molar-refractivity contribution in [1.82, 2.24) is 20.0 Å². The van der Waals surface area contributed by atoms with E-state index < -0.39 is 41.0 Å². The summed E-state index contributed by atoms with van der Waals surface area (Å²) in [5.74, 6) is -1.56. The second-order valence-electron chi connectivity index (χ2n) is 11.0. The molecule has 2 aromatic carbocycles. The fourth-order valence-corrected chi connectivity index (χ4v) is 5.80. The summed E-state index contributed by atoms with van der Waals surface area (Å²) < 4.78 is 34.7. The van der Waals surface area contributed by atoms with Gasteiger partial charge in [0.15, 0.2) is 5.11 Å². The number of rotatable bonds is 3. The first-order valence-electron chi connectivity index (χ1n) is 12.6. The summed E-state index contributed by atoms with van der Waals surface area (Å²) in [6.07, 6.45) is 0.970. The number of thiocarbonyl (C=S) groups is 1. The van der Waals surface area contributed by atoms with Gasteiger partial charge in [-0.25, -0.2) is 18.7 Å². The Morgan fingerprint density at radius 2 is 1.77 bits per heavy atom. The quantitative estimate of drug-likeness (QED) is 0.482. The molecule has 2 amide bonds. The molecule has 1 aromatic heterocycles. The molecule has 3 aromatic rings. The molecule has 2 aliphatic heterocycles. The molecule has 1 aliphatic carbocycles. The van der Waals surface area contributed by atoms with Crippen molar-refractivity contribution < 1.29 is 23.1 Å². The largest absolute Gasteiger partial charge is 0.443 e. The van der Waals surface area contributed by atoms with Crippen molar-refractivity contribution in [2.75, 3.05) is 11.4 Å². The van der Waals surface area contributed by atoms with E-state index in [0.29, 0.717) is 5.56 Å². The van der Waals surface area contributed by atoms with Gasteiger partial charge in [0.05, 0.1) is 29.4 Å². The molecular formula is C27H25F2N5O4S. The van der Waals surface area contributed by atoms with Gasteiger partial charge in [0.2, 0.25) is 5.91 Å². The van der Waals surface area contributed by atoms with E-state index in [-0.39, 0.29) is 45.8 Å². The number of carbonyl (C=O) groups is 2. The summed E-state index contributed by atoms with van der Waals surface area (Å²) in [5, 5.41) is 7.18. The maximum absolute atomic E-state index is 15.0. The molecule has 12 heteroatoms. The lowest BCUT2D eigenvalue weighted by atomic mass is 9.87. The van der Waals surface area contributed by atoms with E-state index in [1.54, 1.807) is 20.8 Å². The van der Waals surface area contributed by atoms with Crippen LogP contribution in [-0.2, 0) is 9.53 Å². The number of aromatic amines is 1. The zero-order valence-electron chi connectivity index (χ0n) is 21.4. The van der Waals surface area contributed by atoms with Crippen molar-refractivity contribution in [2.24, 2.45) is 0 Å². The van der Waals surface area contributed by atoms with Crippen LogP contribution >= 0.6 is 12.2 Å². The van der Waals surface area contributed by atoms with Gasteiger partial charge in [-0.15, -0.1) is 0 Å². The molecule has 2 unspecified atom stereocenters. The summed E-state index contributed by atoms with van der Waals surface area (Å²) in [5.41, 5.74) is -0.867. The number of hydrogen-bond acceptors (Lipinski definition) is 6. The summed E-state index contributed by atoms with van der Waals surface area (Å²) in [6.45, 7) is 5.12. The van der Waals surface area contributed by atoms with Crippen LogP contribution in [0.2, 0.25) is 0 Å². The summed E-state index contributed by atoms with van der Waals surface area (Å²) in [6, 6.07) is 5.71. The van der Waals surface area contributed by atoms with Gasteiger partial charge in [0.25, 0.3) is 5.56 Å². The lowest BCUT2D eigenvalue weighted by Crippen LogP contribution is -2.50. The van der Waals surface area contributed by atoms with Crippen LogP contribution in [0, 0.1) is 11.6 Å². The third-order valence-electron chi connectivity index (χ3n) is 7.07. The van der Waals surface area contributed by atoms with Crippen molar-refractivity contribution in [2.45, 2.75) is 57.3 Å². The van der Waals surface area contributed by atoms with Crippen LogP contribution in [0.3, 0.4) is 0 Å². The molecule has 2 fully saturated rings. The summed E-state index contributed by atoms with van der Waals surface area (Å²) in [4.78, 5) is 44.7. The highest BCUT2D eigenvalue weighted by Crippen LogP contribution is 2.51. The van der Waals surface area contributed by atoms with Gasteiger partial charge in [-0.3, -0.25) is 19.4 Å². The molecule has 3 aliphatic rings. The highest BCUT2D eigenvalue weighted by molar-refractivity contribution is 7.80. The first-order chi connectivity index (χ1) is 18.4. The molecule has 39 heavy (non-hydrogen) atoms. The number of nitrogens with one attached hydrogen (secondary N) is 1. The zero-order valence-corrected chi connectivity index (χ0v) is 22.2. The van der Waals surface area contributed by atoms with Crippen molar-refractivity contribution >= 4 is 45.8 Å². The Labute approximate surface area is 227 Å². The number of anilines is 1. The second-order valence-corrected chi connectivity index (χ2v) is 11.3. The van der Waals surface area contributed by atoms with Crippen LogP contribution in [0.5, 0.6) is 0 Å². The Kier molecular flexibility index (Phi) is 5.72. The van der Waals surface area contributed by atoms with Crippen LogP contribution in [0.4, 0.5) is 19.3 Å². The number of aromatic nitrogens is 2. The van der Waals surface area contributed by atoms with E-state index >= 15 is 0 Å². The lowest BCUT2D eigenvalue weighted by Gasteiger charge is -2.44. The average Bonchev–Trinajstić information content (AvgIpc) is 3.65. The van der Waals surface area contributed by atoms with Crippen molar-refractivity contribution in [1.29, 1.82) is 0 Å². The first-order valence-corrected chi connectivity index (χ1v) is 13.0. The lowest BCUT2D eigenvalue weighted by molar-refractivity contribution is -0.127. The molecule has 0 bridgehead atoms. The first kappa shape index (κ1) is 25.4. The predicted octanol–water partition coefficient (Wildman–Crippen LogP) is 4.33. The van der Waals surface area contributed by atoms with Gasteiger partial charge < -0.3 is 9.64 Å². The van der Waals surface area contributed by atoms with Gasteiger partial charge in [-0.1, -0.05) is 12.1 Å². The van der Waals surface area contributed by atoms with Gasteiger partial charge >= 0.3 is 6.09 Å². The van der Waals surface area contributed by atoms with E-state index in [2.05, 4.69) is 10.2 Å². The van der Waals surface area contributed by atoms with E-state index in [1.165, 1.54) is 34.1 Å². The molecule has 9 nitrogen and oxygen atoms in total. The van der Waals surface area contributed by atoms with Crippen molar-refractivity contribution in [3.8, 4) is 0 Å². The van der Waals surface area contributed by atoms with Gasteiger partial charge in [0, 0.05) is 11.4 Å². The number of amides is 2. The number of carbonyl (C=O) groups excluding carboxylic acids is 2. The highest BCUT2D eigenvalue weighted by Gasteiger charge is 2.52. The Hall–Kier alpha value is -3.93. The number of H-pyrrole nitrogens is 1. The summed E-state index contributed by atoms with van der Waals surface area (Å²) >= 11 is 5.78. The Morgan fingerprint density at radius 1 is 1.08 bits per heavy atom. The second kappa shape index (κ2) is 8.80. The van der Waals surface area contributed by atoms with Crippen LogP contribution < -0.4 is 10.5 Å². The fourth-order valence-electron chi connectivity index (χ4n) is 5.37. The minimum Gasteiger partial charge on any atom is -0.443 e. The topological polar surface area (TPSA) is 98.8 Å². The number of halogens is 2. The normalized spacial score (nSPS) is 21.2. The van der Waals surface area contributed by atoms with E-state index in [0.717, 1.165) is 25.0 Å². The Bertz CT molecular complexity index is 1600.